The molecular formula is C30H54O26. The van der Waals surface area contributed by atoms with Crippen LogP contribution >= 0.6 is 0 Å². The SMILES string of the molecule is OC1COC(OC2COC(OC3COC(O)C(O)C3O)C(O)C2O)C(O)C1O.OCC(O)C(O)C(CO)OC1OCC(OC2OCC(O)C(O)C2O)C(O)C1O. The Morgan fingerprint density at radius 2 is 0.768 bits per heavy atom. The topological polar surface area (TPSA) is 427 Å². The van der Waals surface area contributed by atoms with Crippen LogP contribution in [0.25, 0.3) is 0 Å². The molecule has 0 radical (unpaired) electrons. The lowest BCUT2D eigenvalue weighted by atomic mass is 10.0. The molecule has 0 aromatic heterocycles. The zero-order valence-electron chi connectivity index (χ0n) is 29.5. The van der Waals surface area contributed by atoms with Crippen molar-refractivity contribution >= 4 is 0 Å². The van der Waals surface area contributed by atoms with Gasteiger partial charge in [0.05, 0.1) is 46.2 Å². The first-order valence-corrected chi connectivity index (χ1v) is 17.5. The van der Waals surface area contributed by atoms with Crippen LogP contribution in [0.4, 0.5) is 0 Å². The zero-order chi connectivity index (χ0) is 41.6. The third-order valence-corrected chi connectivity index (χ3v) is 9.61. The fourth-order valence-electron chi connectivity index (χ4n) is 5.99. The summed E-state index contributed by atoms with van der Waals surface area (Å²) in [5, 5.41) is 165. The lowest BCUT2D eigenvalue weighted by Crippen LogP contribution is -2.61. The molecule has 26 heteroatoms. The summed E-state index contributed by atoms with van der Waals surface area (Å²) >= 11 is 0. The maximum Gasteiger partial charge on any atom is 0.186 e. The van der Waals surface area contributed by atoms with Gasteiger partial charge in [-0.05, 0) is 0 Å². The highest BCUT2D eigenvalue weighted by Gasteiger charge is 2.49. The summed E-state index contributed by atoms with van der Waals surface area (Å²) in [7, 11) is 0. The molecule has 0 saturated carbocycles. The van der Waals surface area contributed by atoms with E-state index in [1.807, 2.05) is 0 Å². The molecule has 0 aromatic rings. The van der Waals surface area contributed by atoms with Gasteiger partial charge in [-0.15, -0.1) is 0 Å². The first-order valence-electron chi connectivity index (χ1n) is 17.5. The van der Waals surface area contributed by atoms with Crippen molar-refractivity contribution in [2.24, 2.45) is 0 Å². The van der Waals surface area contributed by atoms with Gasteiger partial charge < -0.3 is 129 Å². The number of hydrogen-bond donors (Lipinski definition) is 17. The lowest BCUT2D eigenvalue weighted by Gasteiger charge is -2.43. The highest BCUT2D eigenvalue weighted by Crippen LogP contribution is 2.28. The van der Waals surface area contributed by atoms with Crippen LogP contribution in [0, 0.1) is 0 Å². The molecule has 5 saturated heterocycles. The molecule has 5 rings (SSSR count). The molecule has 0 aromatic carbocycles. The van der Waals surface area contributed by atoms with Gasteiger partial charge in [-0.25, -0.2) is 0 Å². The van der Waals surface area contributed by atoms with Gasteiger partial charge in [0, 0.05) is 0 Å². The highest BCUT2D eigenvalue weighted by atomic mass is 16.8. The van der Waals surface area contributed by atoms with Gasteiger partial charge in [0.1, 0.15) is 110 Å². The Morgan fingerprint density at radius 1 is 0.411 bits per heavy atom. The second-order valence-electron chi connectivity index (χ2n) is 13.7. The van der Waals surface area contributed by atoms with E-state index in [0.717, 1.165) is 0 Å². The number of aliphatic hydroxyl groups is 17. The molecular weight excluding hydrogens is 776 g/mol. The summed E-state index contributed by atoms with van der Waals surface area (Å²) < 4.78 is 46.7. The lowest BCUT2D eigenvalue weighted by molar-refractivity contribution is -0.346. The van der Waals surface area contributed by atoms with E-state index < -0.39 is 155 Å². The van der Waals surface area contributed by atoms with E-state index in [-0.39, 0.29) is 33.0 Å². The molecule has 5 fully saturated rings. The van der Waals surface area contributed by atoms with Gasteiger partial charge in [0.2, 0.25) is 0 Å². The Morgan fingerprint density at radius 3 is 1.20 bits per heavy atom. The minimum atomic E-state index is -1.71. The van der Waals surface area contributed by atoms with E-state index in [1.165, 1.54) is 0 Å². The van der Waals surface area contributed by atoms with Crippen LogP contribution in [-0.2, 0) is 42.6 Å². The first-order chi connectivity index (χ1) is 26.4. The Bertz CT molecular complexity index is 1010. The first kappa shape index (κ1) is 47.6. The van der Waals surface area contributed by atoms with Crippen molar-refractivity contribution in [2.75, 3.05) is 46.2 Å². The van der Waals surface area contributed by atoms with Crippen LogP contribution < -0.4 is 0 Å². The Labute approximate surface area is 317 Å². The van der Waals surface area contributed by atoms with Crippen LogP contribution in [0.2, 0.25) is 0 Å². The number of ether oxygens (including phenoxy) is 9. The maximum atomic E-state index is 10.3. The number of aliphatic hydroxyl groups excluding tert-OH is 17. The van der Waals surface area contributed by atoms with E-state index in [1.54, 1.807) is 0 Å². The molecule has 0 spiro atoms. The quantitative estimate of drug-likeness (QED) is 0.0868. The normalized spacial score (nSPS) is 47.9. The van der Waals surface area contributed by atoms with Crippen LogP contribution in [0.3, 0.4) is 0 Å². The number of hydrogen-bond acceptors (Lipinski definition) is 26. The summed E-state index contributed by atoms with van der Waals surface area (Å²) in [6.07, 6.45) is -33.8. The molecule has 26 nitrogen and oxygen atoms in total. The molecule has 23 atom stereocenters. The second kappa shape index (κ2) is 21.5. The zero-order valence-corrected chi connectivity index (χ0v) is 29.5. The smallest absolute Gasteiger partial charge is 0.186 e. The molecule has 56 heavy (non-hydrogen) atoms. The average molecular weight is 831 g/mol. The van der Waals surface area contributed by atoms with Gasteiger partial charge in [-0.1, -0.05) is 0 Å². The van der Waals surface area contributed by atoms with Crippen molar-refractivity contribution in [1.29, 1.82) is 0 Å². The minimum Gasteiger partial charge on any atom is -0.394 e. The summed E-state index contributed by atoms with van der Waals surface area (Å²) in [6, 6.07) is 0. The van der Waals surface area contributed by atoms with Gasteiger partial charge in [0.25, 0.3) is 0 Å². The molecule has 330 valence electrons. The van der Waals surface area contributed by atoms with Gasteiger partial charge >= 0.3 is 0 Å². The summed E-state index contributed by atoms with van der Waals surface area (Å²) in [4.78, 5) is 0. The predicted molar refractivity (Wildman–Crippen MR) is 169 cm³/mol. The molecule has 5 aliphatic heterocycles. The highest BCUT2D eigenvalue weighted by molar-refractivity contribution is 4.91. The van der Waals surface area contributed by atoms with Crippen LogP contribution in [0.15, 0.2) is 0 Å². The van der Waals surface area contributed by atoms with Gasteiger partial charge in [0.15, 0.2) is 31.5 Å². The van der Waals surface area contributed by atoms with Crippen molar-refractivity contribution in [1.82, 2.24) is 0 Å². The van der Waals surface area contributed by atoms with Crippen molar-refractivity contribution in [3.05, 3.63) is 0 Å². The van der Waals surface area contributed by atoms with Crippen LogP contribution in [-0.4, -0.2) is 274 Å². The van der Waals surface area contributed by atoms with Crippen LogP contribution in [0.1, 0.15) is 0 Å². The maximum absolute atomic E-state index is 10.3. The fourth-order valence-corrected chi connectivity index (χ4v) is 5.99. The third-order valence-electron chi connectivity index (χ3n) is 9.61. The van der Waals surface area contributed by atoms with Gasteiger partial charge in [-0.2, -0.15) is 0 Å². The summed E-state index contributed by atoms with van der Waals surface area (Å²) in [5.74, 6) is 0. The van der Waals surface area contributed by atoms with Crippen molar-refractivity contribution in [3.8, 4) is 0 Å². The fraction of sp³-hybridized carbons (Fsp3) is 1.00. The van der Waals surface area contributed by atoms with E-state index >= 15 is 0 Å². The molecule has 23 unspecified atom stereocenters. The van der Waals surface area contributed by atoms with E-state index in [9.17, 15) is 81.7 Å². The van der Waals surface area contributed by atoms with Gasteiger partial charge in [-0.3, -0.25) is 0 Å². The van der Waals surface area contributed by atoms with Crippen molar-refractivity contribution in [2.45, 2.75) is 141 Å². The van der Waals surface area contributed by atoms with E-state index in [0.29, 0.717) is 0 Å². The molecule has 0 amide bonds. The second-order valence-corrected chi connectivity index (χ2v) is 13.7. The molecule has 5 aliphatic rings. The molecule has 5 heterocycles. The van der Waals surface area contributed by atoms with Crippen molar-refractivity contribution < 1.29 is 129 Å². The standard InChI is InChI=1S/C15H26O13.C15H28O13/c16-4-1-25-14(11(21)7(4)17)28-6-3-26-15(12(22)9(6)19)27-5-2-24-13(23)10(20)8(5)18;16-1-5(18)9(20)7(2-17)27-15-13(24)11(22)8(4-26-15)28-14-12(23)10(21)6(19)3-25-14/h4-23H,1-3H2;5-24H,1-4H2. The van der Waals surface area contributed by atoms with E-state index in [4.69, 9.17) is 47.7 Å². The van der Waals surface area contributed by atoms with E-state index in [2.05, 4.69) is 0 Å². The largest absolute Gasteiger partial charge is 0.394 e. The number of rotatable bonds is 12. The minimum absolute atomic E-state index is 0.287. The Hall–Kier alpha value is -1.04. The summed E-state index contributed by atoms with van der Waals surface area (Å²) in [5.41, 5.74) is 0. The Balaban J connectivity index is 0.000000249. The van der Waals surface area contributed by atoms with Crippen LogP contribution in [0.5, 0.6) is 0 Å². The summed E-state index contributed by atoms with van der Waals surface area (Å²) in [6.45, 7) is -3.13. The van der Waals surface area contributed by atoms with Crippen molar-refractivity contribution in [3.63, 3.8) is 0 Å². The average Bonchev–Trinajstić information content (AvgIpc) is 3.19. The predicted octanol–water partition coefficient (Wildman–Crippen LogP) is -11.7. The third kappa shape index (κ3) is 11.4. The monoisotopic (exact) mass is 830 g/mol. The molecule has 0 aliphatic carbocycles. The molecule has 17 N–H and O–H groups in total. The molecule has 0 bridgehead atoms. The Kier molecular flexibility index (Phi) is 18.3.